The van der Waals surface area contributed by atoms with Crippen LogP contribution in [-0.4, -0.2) is 6.41 Å². The molecule has 0 radical (unpaired) electrons. The van der Waals surface area contributed by atoms with E-state index in [4.69, 9.17) is 5.26 Å². The molecule has 0 aliphatic heterocycles. The molecule has 1 N–H and O–H groups in total. The number of rotatable bonds is 4. The first-order valence-corrected chi connectivity index (χ1v) is 4.52. The standard InChI is InChI=1S/C11H16N2O/c1-8(2)11(9(3)6-12)5-10(4)13-7-14/h5,7-8H,1-4H3,(H,13,14)/b10-5-,11-9-. The highest BCUT2D eigenvalue weighted by Crippen LogP contribution is 2.16. The zero-order valence-corrected chi connectivity index (χ0v) is 9.09. The van der Waals surface area contributed by atoms with E-state index in [1.807, 2.05) is 19.9 Å². The maximum absolute atomic E-state index is 10.2. The fourth-order valence-corrected chi connectivity index (χ4v) is 1.14. The lowest BCUT2D eigenvalue weighted by molar-refractivity contribution is -0.108. The van der Waals surface area contributed by atoms with Crippen LogP contribution < -0.4 is 5.32 Å². The van der Waals surface area contributed by atoms with E-state index in [0.717, 1.165) is 11.3 Å². The Morgan fingerprint density at radius 1 is 1.43 bits per heavy atom. The first kappa shape index (κ1) is 12.4. The van der Waals surface area contributed by atoms with Crippen LogP contribution in [-0.2, 0) is 4.79 Å². The molecule has 0 aliphatic rings. The quantitative estimate of drug-likeness (QED) is 0.421. The molecule has 0 rings (SSSR count). The smallest absolute Gasteiger partial charge is 0.211 e. The number of carbonyl (C=O) groups excluding carboxylic acids is 1. The van der Waals surface area contributed by atoms with E-state index in [2.05, 4.69) is 11.4 Å². The second kappa shape index (κ2) is 5.98. The fraction of sp³-hybridized carbons (Fsp3) is 0.455. The van der Waals surface area contributed by atoms with E-state index < -0.39 is 0 Å². The molecule has 0 spiro atoms. The molecule has 0 saturated carbocycles. The van der Waals surface area contributed by atoms with Crippen LogP contribution >= 0.6 is 0 Å². The minimum absolute atomic E-state index is 0.276. The summed E-state index contributed by atoms with van der Waals surface area (Å²) in [4.78, 5) is 10.2. The molecule has 14 heavy (non-hydrogen) atoms. The molecule has 1 amide bonds. The van der Waals surface area contributed by atoms with Crippen molar-refractivity contribution in [3.63, 3.8) is 0 Å². The van der Waals surface area contributed by atoms with Crippen LogP contribution in [0.3, 0.4) is 0 Å². The summed E-state index contributed by atoms with van der Waals surface area (Å²) in [5.74, 6) is 0.276. The van der Waals surface area contributed by atoms with Gasteiger partial charge in [-0.1, -0.05) is 13.8 Å². The van der Waals surface area contributed by atoms with E-state index >= 15 is 0 Å². The van der Waals surface area contributed by atoms with Crippen molar-refractivity contribution in [2.45, 2.75) is 27.7 Å². The normalized spacial score (nSPS) is 13.3. The molecule has 0 bridgehead atoms. The van der Waals surface area contributed by atoms with Crippen molar-refractivity contribution < 1.29 is 4.79 Å². The highest BCUT2D eigenvalue weighted by molar-refractivity contribution is 5.50. The molecular formula is C11H16N2O. The maximum Gasteiger partial charge on any atom is 0.211 e. The molecule has 0 aromatic carbocycles. The monoisotopic (exact) mass is 192 g/mol. The van der Waals surface area contributed by atoms with Crippen LogP contribution in [0.2, 0.25) is 0 Å². The molecule has 76 valence electrons. The van der Waals surface area contributed by atoms with Gasteiger partial charge < -0.3 is 5.32 Å². The zero-order valence-electron chi connectivity index (χ0n) is 9.09. The van der Waals surface area contributed by atoms with Crippen LogP contribution in [0.15, 0.2) is 22.9 Å². The van der Waals surface area contributed by atoms with Gasteiger partial charge in [-0.05, 0) is 31.4 Å². The third kappa shape index (κ3) is 3.90. The molecule has 0 atom stereocenters. The molecule has 0 aliphatic carbocycles. The van der Waals surface area contributed by atoms with E-state index in [1.54, 1.807) is 13.8 Å². The summed E-state index contributed by atoms with van der Waals surface area (Å²) in [5, 5.41) is 11.3. The summed E-state index contributed by atoms with van der Waals surface area (Å²) in [5.41, 5.74) is 2.39. The predicted molar refractivity (Wildman–Crippen MR) is 56.1 cm³/mol. The van der Waals surface area contributed by atoms with Crippen molar-refractivity contribution in [2.24, 2.45) is 5.92 Å². The van der Waals surface area contributed by atoms with Crippen molar-refractivity contribution in [1.82, 2.24) is 5.32 Å². The Balaban J connectivity index is 4.99. The van der Waals surface area contributed by atoms with Gasteiger partial charge in [0.2, 0.25) is 6.41 Å². The molecular weight excluding hydrogens is 176 g/mol. The second-order valence-corrected chi connectivity index (χ2v) is 3.44. The Bertz CT molecular complexity index is 306. The van der Waals surface area contributed by atoms with Crippen LogP contribution in [0.5, 0.6) is 0 Å². The largest absolute Gasteiger partial charge is 0.333 e. The van der Waals surface area contributed by atoms with Crippen LogP contribution in [0.25, 0.3) is 0 Å². The number of nitriles is 1. The van der Waals surface area contributed by atoms with Gasteiger partial charge in [0.05, 0.1) is 6.07 Å². The van der Waals surface area contributed by atoms with Crippen LogP contribution in [0, 0.1) is 17.2 Å². The van der Waals surface area contributed by atoms with E-state index in [-0.39, 0.29) is 5.92 Å². The molecule has 0 unspecified atom stereocenters. The number of allylic oxidation sites excluding steroid dienone is 4. The molecule has 0 heterocycles. The summed E-state index contributed by atoms with van der Waals surface area (Å²) in [6.07, 6.45) is 2.46. The van der Waals surface area contributed by atoms with Crippen LogP contribution in [0.1, 0.15) is 27.7 Å². The van der Waals surface area contributed by atoms with Gasteiger partial charge in [-0.25, -0.2) is 0 Å². The Hall–Kier alpha value is -1.56. The minimum Gasteiger partial charge on any atom is -0.333 e. The third-order valence-electron chi connectivity index (χ3n) is 1.88. The average Bonchev–Trinajstić information content (AvgIpc) is 2.13. The van der Waals surface area contributed by atoms with Gasteiger partial charge >= 0.3 is 0 Å². The zero-order chi connectivity index (χ0) is 11.1. The molecule has 0 aromatic rings. The van der Waals surface area contributed by atoms with Gasteiger partial charge in [0.15, 0.2) is 0 Å². The number of nitrogens with zero attached hydrogens (tertiary/aromatic N) is 1. The SMILES string of the molecule is C/C(=C/C(=C(\C)C#N)C(C)C)NC=O. The van der Waals surface area contributed by atoms with Gasteiger partial charge in [-0.2, -0.15) is 5.26 Å². The summed E-state index contributed by atoms with van der Waals surface area (Å²) >= 11 is 0. The lowest BCUT2D eigenvalue weighted by Gasteiger charge is -2.09. The molecule has 0 saturated heterocycles. The predicted octanol–water partition coefficient (Wildman–Crippen LogP) is 2.13. The minimum atomic E-state index is 0.276. The third-order valence-corrected chi connectivity index (χ3v) is 1.88. The molecule has 3 heteroatoms. The fourth-order valence-electron chi connectivity index (χ4n) is 1.14. The Morgan fingerprint density at radius 3 is 2.36 bits per heavy atom. The maximum atomic E-state index is 10.2. The second-order valence-electron chi connectivity index (χ2n) is 3.44. The highest BCUT2D eigenvalue weighted by atomic mass is 16.1. The summed E-state index contributed by atoms with van der Waals surface area (Å²) < 4.78 is 0. The molecule has 0 fully saturated rings. The van der Waals surface area contributed by atoms with Crippen molar-refractivity contribution in [1.29, 1.82) is 5.26 Å². The summed E-state index contributed by atoms with van der Waals surface area (Å²) in [6.45, 7) is 7.60. The number of amides is 1. The number of nitrogens with one attached hydrogen (secondary N) is 1. The first-order chi connectivity index (χ1) is 6.52. The van der Waals surface area contributed by atoms with Gasteiger partial charge in [0.1, 0.15) is 0 Å². The van der Waals surface area contributed by atoms with Crippen molar-refractivity contribution in [3.8, 4) is 6.07 Å². The first-order valence-electron chi connectivity index (χ1n) is 4.52. The number of hydrogen-bond acceptors (Lipinski definition) is 2. The Kier molecular flexibility index (Phi) is 5.31. The van der Waals surface area contributed by atoms with E-state index in [9.17, 15) is 4.79 Å². The molecule has 0 aromatic heterocycles. The van der Waals surface area contributed by atoms with Gasteiger partial charge in [0.25, 0.3) is 0 Å². The summed E-state index contributed by atoms with van der Waals surface area (Å²) in [6, 6.07) is 2.11. The van der Waals surface area contributed by atoms with Crippen molar-refractivity contribution in [2.75, 3.05) is 0 Å². The van der Waals surface area contributed by atoms with E-state index in [1.165, 1.54) is 0 Å². The van der Waals surface area contributed by atoms with Gasteiger partial charge in [0, 0.05) is 11.3 Å². The van der Waals surface area contributed by atoms with Crippen LogP contribution in [0.4, 0.5) is 0 Å². The Morgan fingerprint density at radius 2 is 2.00 bits per heavy atom. The topological polar surface area (TPSA) is 52.9 Å². The lowest BCUT2D eigenvalue weighted by atomic mass is 9.97. The number of carbonyl (C=O) groups is 1. The highest BCUT2D eigenvalue weighted by Gasteiger charge is 2.04. The summed E-state index contributed by atoms with van der Waals surface area (Å²) in [7, 11) is 0. The van der Waals surface area contributed by atoms with Crippen molar-refractivity contribution in [3.05, 3.63) is 22.9 Å². The number of hydrogen-bond donors (Lipinski definition) is 1. The van der Waals surface area contributed by atoms with Gasteiger partial charge in [-0.3, -0.25) is 4.79 Å². The van der Waals surface area contributed by atoms with E-state index in [0.29, 0.717) is 12.0 Å². The van der Waals surface area contributed by atoms with Crippen molar-refractivity contribution >= 4 is 6.41 Å². The molecule has 3 nitrogen and oxygen atoms in total. The lowest BCUT2D eigenvalue weighted by Crippen LogP contribution is -2.08. The Labute approximate surface area is 85.1 Å². The average molecular weight is 192 g/mol. The van der Waals surface area contributed by atoms with Gasteiger partial charge in [-0.15, -0.1) is 0 Å².